The van der Waals surface area contributed by atoms with Crippen LogP contribution < -0.4 is 9.62 Å². The second kappa shape index (κ2) is 8.92. The Labute approximate surface area is 210 Å². The number of halogens is 2. The third-order valence-electron chi connectivity index (χ3n) is 6.72. The van der Waals surface area contributed by atoms with Gasteiger partial charge in [0.05, 0.1) is 55.4 Å². The van der Waals surface area contributed by atoms with Crippen LogP contribution in [0.1, 0.15) is 18.4 Å². The first kappa shape index (κ1) is 24.1. The molecule has 3 aromatic rings. The van der Waals surface area contributed by atoms with Gasteiger partial charge in [-0.3, -0.25) is 9.30 Å². The van der Waals surface area contributed by atoms with E-state index in [1.807, 2.05) is 0 Å². The zero-order valence-electron chi connectivity index (χ0n) is 19.4. The van der Waals surface area contributed by atoms with Gasteiger partial charge < -0.3 is 14.4 Å². The third kappa shape index (κ3) is 4.26. The lowest BCUT2D eigenvalue weighted by Gasteiger charge is -2.44. The number of rotatable bonds is 6. The molecule has 3 aliphatic heterocycles. The van der Waals surface area contributed by atoms with Crippen molar-refractivity contribution in [3.8, 4) is 10.8 Å². The van der Waals surface area contributed by atoms with Crippen molar-refractivity contribution in [2.24, 2.45) is 0 Å². The SMILES string of the molecule is CC1(NS(=O)(=O)c2cc(N3CCN4CCOC[C@H]4C3)c3cnc(-c4nnc(C(F)F)s4)n3c2)COC1. The Morgan fingerprint density at radius 2 is 2.06 bits per heavy atom. The summed E-state index contributed by atoms with van der Waals surface area (Å²) in [5, 5.41) is 7.22. The summed E-state index contributed by atoms with van der Waals surface area (Å²) in [5.74, 6) is 0.255. The molecule has 0 radical (unpaired) electrons. The van der Waals surface area contributed by atoms with Crippen LogP contribution in [0, 0.1) is 0 Å². The average Bonchev–Trinajstić information content (AvgIpc) is 3.49. The number of morpholine rings is 1. The summed E-state index contributed by atoms with van der Waals surface area (Å²) in [7, 11) is -3.93. The lowest BCUT2D eigenvalue weighted by molar-refractivity contribution is -0.0523. The van der Waals surface area contributed by atoms with Crippen molar-refractivity contribution < 1.29 is 26.7 Å². The Kier molecular flexibility index (Phi) is 5.96. The monoisotopic (exact) mass is 541 g/mol. The Bertz CT molecular complexity index is 1390. The topological polar surface area (TPSA) is 114 Å². The Morgan fingerprint density at radius 1 is 1.22 bits per heavy atom. The molecule has 0 saturated carbocycles. The molecular formula is C21H25F2N7O4S2. The van der Waals surface area contributed by atoms with Crippen LogP contribution in [-0.2, 0) is 19.5 Å². The van der Waals surface area contributed by atoms with E-state index in [0.717, 1.165) is 24.4 Å². The summed E-state index contributed by atoms with van der Waals surface area (Å²) < 4.78 is 68.4. The maximum atomic E-state index is 13.4. The lowest BCUT2D eigenvalue weighted by atomic mass is 10.0. The van der Waals surface area contributed by atoms with Gasteiger partial charge in [-0.25, -0.2) is 26.9 Å². The number of fused-ring (bicyclic) bond motifs is 2. The minimum absolute atomic E-state index is 0.0401. The quantitative estimate of drug-likeness (QED) is 0.494. The number of ether oxygens (including phenoxy) is 2. The number of sulfonamides is 1. The van der Waals surface area contributed by atoms with Crippen LogP contribution in [0.15, 0.2) is 23.4 Å². The van der Waals surface area contributed by atoms with Gasteiger partial charge in [0.15, 0.2) is 15.8 Å². The predicted molar refractivity (Wildman–Crippen MR) is 127 cm³/mol. The minimum Gasteiger partial charge on any atom is -0.378 e. The number of alkyl halides is 2. The van der Waals surface area contributed by atoms with Crippen LogP contribution >= 0.6 is 11.3 Å². The van der Waals surface area contributed by atoms with Gasteiger partial charge in [0.2, 0.25) is 10.0 Å². The Balaban J connectivity index is 1.45. The number of pyridine rings is 1. The first-order valence-electron chi connectivity index (χ1n) is 11.5. The molecule has 3 aliphatic rings. The standard InChI is InChI=1S/C21H25F2N7O4S2/c1-21(11-34-12-21)27-36(31,32)14-6-15(29-3-2-28-4-5-33-10-13(28)8-29)16-7-24-18(30(16)9-14)20-26-25-19(35-20)17(22)23/h6-7,9,13,17,27H,2-5,8,10-12H2,1H3/t13-/m1/s1. The van der Waals surface area contributed by atoms with E-state index in [1.165, 1.54) is 6.20 Å². The van der Waals surface area contributed by atoms with Crippen LogP contribution in [0.5, 0.6) is 0 Å². The summed E-state index contributed by atoms with van der Waals surface area (Å²) in [6.45, 7) is 6.70. The second-order valence-corrected chi connectivity index (χ2v) is 12.2. The molecule has 0 spiro atoms. The molecule has 0 unspecified atom stereocenters. The van der Waals surface area contributed by atoms with Crippen LogP contribution in [-0.4, -0.2) is 97.1 Å². The molecule has 3 fully saturated rings. The van der Waals surface area contributed by atoms with E-state index in [2.05, 4.69) is 29.7 Å². The van der Waals surface area contributed by atoms with Crippen molar-refractivity contribution in [1.29, 1.82) is 0 Å². The highest BCUT2D eigenvalue weighted by Crippen LogP contribution is 2.34. The molecular weight excluding hydrogens is 516 g/mol. The fraction of sp³-hybridized carbons (Fsp3) is 0.571. The number of nitrogens with one attached hydrogen (secondary N) is 1. The summed E-state index contributed by atoms with van der Waals surface area (Å²) in [5.41, 5.74) is 0.652. The van der Waals surface area contributed by atoms with Gasteiger partial charge in [0.25, 0.3) is 6.43 Å². The smallest absolute Gasteiger partial charge is 0.291 e. The molecule has 194 valence electrons. The maximum absolute atomic E-state index is 13.4. The van der Waals surface area contributed by atoms with E-state index in [9.17, 15) is 17.2 Å². The summed E-state index contributed by atoms with van der Waals surface area (Å²) in [6, 6.07) is 1.84. The number of anilines is 1. The molecule has 3 aromatic heterocycles. The fourth-order valence-corrected chi connectivity index (χ4v) is 6.93. The molecule has 11 nitrogen and oxygen atoms in total. The Morgan fingerprint density at radius 3 is 2.78 bits per heavy atom. The first-order valence-corrected chi connectivity index (χ1v) is 13.8. The number of nitrogens with zero attached hydrogens (tertiary/aromatic N) is 6. The van der Waals surface area contributed by atoms with Gasteiger partial charge in [-0.05, 0) is 13.0 Å². The molecule has 36 heavy (non-hydrogen) atoms. The molecule has 0 amide bonds. The number of hydrogen-bond donors (Lipinski definition) is 1. The highest BCUT2D eigenvalue weighted by atomic mass is 32.2. The van der Waals surface area contributed by atoms with E-state index >= 15 is 0 Å². The van der Waals surface area contributed by atoms with Gasteiger partial charge in [-0.1, -0.05) is 11.3 Å². The van der Waals surface area contributed by atoms with Crippen LogP contribution in [0.4, 0.5) is 14.5 Å². The molecule has 1 N–H and O–H groups in total. The van der Waals surface area contributed by atoms with Crippen molar-refractivity contribution in [2.75, 3.05) is 57.5 Å². The van der Waals surface area contributed by atoms with E-state index in [0.29, 0.717) is 37.5 Å². The number of aromatic nitrogens is 4. The molecule has 0 bridgehead atoms. The predicted octanol–water partition coefficient (Wildman–Crippen LogP) is 1.38. The highest BCUT2D eigenvalue weighted by Gasteiger charge is 2.39. The number of imidazole rings is 1. The number of hydrogen-bond acceptors (Lipinski definition) is 10. The molecule has 1 atom stereocenters. The highest BCUT2D eigenvalue weighted by molar-refractivity contribution is 7.89. The van der Waals surface area contributed by atoms with Crippen molar-refractivity contribution in [3.63, 3.8) is 0 Å². The molecule has 0 aliphatic carbocycles. The fourth-order valence-electron chi connectivity index (χ4n) is 4.84. The van der Waals surface area contributed by atoms with Crippen molar-refractivity contribution in [3.05, 3.63) is 23.5 Å². The van der Waals surface area contributed by atoms with E-state index in [-0.39, 0.29) is 35.0 Å². The summed E-state index contributed by atoms with van der Waals surface area (Å²) in [6.07, 6.45) is 0.316. The largest absolute Gasteiger partial charge is 0.378 e. The molecule has 0 aromatic carbocycles. The summed E-state index contributed by atoms with van der Waals surface area (Å²) in [4.78, 5) is 8.98. The van der Waals surface area contributed by atoms with Gasteiger partial charge in [0.1, 0.15) is 4.90 Å². The first-order chi connectivity index (χ1) is 17.2. The zero-order valence-corrected chi connectivity index (χ0v) is 21.1. The number of piperazine rings is 1. The average molecular weight is 542 g/mol. The zero-order chi connectivity index (χ0) is 25.1. The molecule has 6 heterocycles. The van der Waals surface area contributed by atoms with Crippen molar-refractivity contribution >= 4 is 32.6 Å². The second-order valence-electron chi connectivity index (χ2n) is 9.51. The van der Waals surface area contributed by atoms with E-state index in [1.54, 1.807) is 23.6 Å². The maximum Gasteiger partial charge on any atom is 0.291 e. The molecule has 3 saturated heterocycles. The van der Waals surface area contributed by atoms with Crippen molar-refractivity contribution in [1.82, 2.24) is 29.2 Å². The van der Waals surface area contributed by atoms with Crippen LogP contribution in [0.3, 0.4) is 0 Å². The van der Waals surface area contributed by atoms with E-state index < -0.39 is 27.0 Å². The van der Waals surface area contributed by atoms with E-state index in [4.69, 9.17) is 9.47 Å². The van der Waals surface area contributed by atoms with Gasteiger partial charge in [0, 0.05) is 32.4 Å². The summed E-state index contributed by atoms with van der Waals surface area (Å²) >= 11 is 0.732. The molecule has 15 heteroatoms. The van der Waals surface area contributed by atoms with Crippen LogP contribution in [0.25, 0.3) is 16.3 Å². The third-order valence-corrected chi connectivity index (χ3v) is 9.26. The molecule has 6 rings (SSSR count). The lowest BCUT2D eigenvalue weighted by Crippen LogP contribution is -2.59. The normalized spacial score (nSPS) is 22.7. The Hall–Kier alpha value is -2.30. The minimum atomic E-state index is -3.93. The van der Waals surface area contributed by atoms with Gasteiger partial charge in [-0.2, -0.15) is 0 Å². The van der Waals surface area contributed by atoms with Crippen LogP contribution in [0.2, 0.25) is 0 Å². The van der Waals surface area contributed by atoms with Crippen molar-refractivity contribution in [2.45, 2.75) is 29.8 Å². The van der Waals surface area contributed by atoms with Gasteiger partial charge in [-0.15, -0.1) is 10.2 Å². The van der Waals surface area contributed by atoms with Gasteiger partial charge >= 0.3 is 0 Å².